The maximum Gasteiger partial charge on any atom is 0.340 e. The molecule has 0 aliphatic carbocycles. The molecule has 10 heteroatoms. The van der Waals surface area contributed by atoms with E-state index in [2.05, 4.69) is 10.5 Å². The van der Waals surface area contributed by atoms with Gasteiger partial charge in [0.05, 0.1) is 45.8 Å². The number of morpholine rings is 1. The molecule has 0 atom stereocenters. The van der Waals surface area contributed by atoms with Crippen molar-refractivity contribution in [2.45, 2.75) is 0 Å². The molecule has 2 aromatic rings. The number of nitrogens with zero attached hydrogens (tertiary/aromatic N) is 2. The molecule has 1 N–H and O–H groups in total. The molecule has 1 aliphatic heterocycles. The lowest BCUT2D eigenvalue weighted by atomic mass is 10.1. The Balaban J connectivity index is 1.84. The van der Waals surface area contributed by atoms with E-state index >= 15 is 0 Å². The van der Waals surface area contributed by atoms with E-state index in [4.69, 9.17) is 23.5 Å². The van der Waals surface area contributed by atoms with Crippen molar-refractivity contribution >= 4 is 23.4 Å². The molecule has 0 spiro atoms. The van der Waals surface area contributed by atoms with E-state index in [1.807, 2.05) is 4.90 Å². The van der Waals surface area contributed by atoms with Crippen LogP contribution in [0.5, 0.6) is 11.5 Å². The Morgan fingerprint density at radius 3 is 2.39 bits per heavy atom. The van der Waals surface area contributed by atoms with Crippen LogP contribution < -0.4 is 19.7 Å². The smallest absolute Gasteiger partial charge is 0.340 e. The number of benzene rings is 1. The molecular formula is C18H21N3O7. The van der Waals surface area contributed by atoms with E-state index in [1.165, 1.54) is 33.5 Å². The Bertz CT molecular complexity index is 859. The van der Waals surface area contributed by atoms with Crippen molar-refractivity contribution in [3.63, 3.8) is 0 Å². The van der Waals surface area contributed by atoms with Crippen LogP contribution in [-0.2, 0) is 9.47 Å². The molecule has 10 nitrogen and oxygen atoms in total. The molecule has 1 amide bonds. The molecule has 2 heterocycles. The fourth-order valence-corrected chi connectivity index (χ4v) is 2.75. The van der Waals surface area contributed by atoms with Crippen LogP contribution in [0, 0.1) is 0 Å². The molecule has 1 saturated heterocycles. The van der Waals surface area contributed by atoms with Crippen LogP contribution in [0.1, 0.15) is 20.8 Å². The van der Waals surface area contributed by atoms with E-state index in [9.17, 15) is 9.59 Å². The van der Waals surface area contributed by atoms with Gasteiger partial charge in [0.2, 0.25) is 5.88 Å². The average molecular weight is 391 g/mol. The van der Waals surface area contributed by atoms with Gasteiger partial charge < -0.3 is 33.7 Å². The third kappa shape index (κ3) is 4.01. The largest absolute Gasteiger partial charge is 0.493 e. The summed E-state index contributed by atoms with van der Waals surface area (Å²) >= 11 is 0. The number of ether oxygens (including phenoxy) is 4. The number of carbonyl (C=O) groups excluding carboxylic acids is 2. The normalized spacial score (nSPS) is 13.8. The highest BCUT2D eigenvalue weighted by molar-refractivity contribution is 6.07. The molecule has 0 unspecified atom stereocenters. The number of anilines is 2. The Hall–Kier alpha value is -3.27. The maximum absolute atomic E-state index is 12.6. The Kier molecular flexibility index (Phi) is 5.99. The van der Waals surface area contributed by atoms with Crippen molar-refractivity contribution in [3.05, 3.63) is 29.5 Å². The minimum atomic E-state index is -0.634. The molecule has 1 aromatic heterocycles. The van der Waals surface area contributed by atoms with Gasteiger partial charge in [-0.2, -0.15) is 0 Å². The highest BCUT2D eigenvalue weighted by Crippen LogP contribution is 2.34. The molecule has 1 fully saturated rings. The van der Waals surface area contributed by atoms with Crippen LogP contribution in [-0.4, -0.2) is 64.7 Å². The number of hydrogen-bond donors (Lipinski definition) is 1. The van der Waals surface area contributed by atoms with E-state index < -0.39 is 11.9 Å². The molecule has 1 aliphatic rings. The lowest BCUT2D eigenvalue weighted by Gasteiger charge is -2.25. The monoisotopic (exact) mass is 391 g/mol. The van der Waals surface area contributed by atoms with Crippen LogP contribution in [0.2, 0.25) is 0 Å². The van der Waals surface area contributed by atoms with E-state index in [1.54, 1.807) is 6.07 Å². The highest BCUT2D eigenvalue weighted by Gasteiger charge is 2.22. The van der Waals surface area contributed by atoms with Gasteiger partial charge in [-0.1, -0.05) is 5.16 Å². The first-order chi connectivity index (χ1) is 13.6. The predicted molar refractivity (Wildman–Crippen MR) is 98.4 cm³/mol. The molecule has 0 radical (unpaired) electrons. The van der Waals surface area contributed by atoms with E-state index in [-0.39, 0.29) is 16.9 Å². The fourth-order valence-electron chi connectivity index (χ4n) is 2.75. The first-order valence-electron chi connectivity index (χ1n) is 8.52. The van der Waals surface area contributed by atoms with Gasteiger partial charge in [0.25, 0.3) is 5.91 Å². The predicted octanol–water partition coefficient (Wildman–Crippen LogP) is 1.57. The molecule has 28 heavy (non-hydrogen) atoms. The third-order valence-corrected chi connectivity index (χ3v) is 4.23. The second-order valence-electron chi connectivity index (χ2n) is 5.85. The standard InChI is InChI=1S/C18H21N3O7/c1-24-14-8-11(18(23)26-3)12(9-15(14)25-2)19-17(22)13-10-16(28-20-13)21-4-6-27-7-5-21/h8-10H,4-7H2,1-3H3,(H,19,22). The Morgan fingerprint density at radius 2 is 1.75 bits per heavy atom. The van der Waals surface area contributed by atoms with E-state index in [0.717, 1.165) is 0 Å². The molecule has 0 saturated carbocycles. The number of carbonyl (C=O) groups is 2. The molecule has 1 aromatic carbocycles. The maximum atomic E-state index is 12.6. The Labute approximate surface area is 161 Å². The zero-order valence-corrected chi connectivity index (χ0v) is 15.8. The van der Waals surface area contributed by atoms with Crippen LogP contribution in [0.4, 0.5) is 11.6 Å². The molecule has 150 valence electrons. The van der Waals surface area contributed by atoms with Gasteiger partial charge in [-0.25, -0.2) is 4.79 Å². The lowest BCUT2D eigenvalue weighted by Crippen LogP contribution is -2.35. The quantitative estimate of drug-likeness (QED) is 0.733. The summed E-state index contributed by atoms with van der Waals surface area (Å²) in [7, 11) is 4.14. The number of rotatable bonds is 6. The van der Waals surface area contributed by atoms with Crippen molar-refractivity contribution in [3.8, 4) is 11.5 Å². The van der Waals surface area contributed by atoms with Crippen molar-refractivity contribution in [2.75, 3.05) is 57.8 Å². The summed E-state index contributed by atoms with van der Waals surface area (Å²) in [5.74, 6) is -0.0171. The summed E-state index contributed by atoms with van der Waals surface area (Å²) in [5, 5.41) is 6.46. The van der Waals surface area contributed by atoms with Crippen molar-refractivity contribution < 1.29 is 33.1 Å². The number of aromatic nitrogens is 1. The first-order valence-corrected chi connectivity index (χ1v) is 8.52. The summed E-state index contributed by atoms with van der Waals surface area (Å²) in [5.41, 5.74) is 0.392. The van der Waals surface area contributed by atoms with Crippen LogP contribution in [0.25, 0.3) is 0 Å². The number of esters is 1. The second-order valence-corrected chi connectivity index (χ2v) is 5.85. The average Bonchev–Trinajstić information content (AvgIpc) is 3.24. The summed E-state index contributed by atoms with van der Waals surface area (Å²) in [6.45, 7) is 2.46. The highest BCUT2D eigenvalue weighted by atomic mass is 16.5. The fraction of sp³-hybridized carbons (Fsp3) is 0.389. The molecule has 0 bridgehead atoms. The second kappa shape index (κ2) is 8.61. The zero-order chi connectivity index (χ0) is 20.1. The Morgan fingerprint density at radius 1 is 1.07 bits per heavy atom. The number of amides is 1. The van der Waals surface area contributed by atoms with Crippen molar-refractivity contribution in [2.24, 2.45) is 0 Å². The minimum Gasteiger partial charge on any atom is -0.493 e. The molecular weight excluding hydrogens is 370 g/mol. The van der Waals surface area contributed by atoms with Crippen LogP contribution in [0.3, 0.4) is 0 Å². The van der Waals surface area contributed by atoms with E-state index in [0.29, 0.717) is 43.7 Å². The summed E-state index contributed by atoms with van der Waals surface area (Å²) in [4.78, 5) is 26.7. The van der Waals surface area contributed by atoms with Crippen molar-refractivity contribution in [1.82, 2.24) is 5.16 Å². The number of nitrogens with one attached hydrogen (secondary N) is 1. The topological polar surface area (TPSA) is 112 Å². The number of methoxy groups -OCH3 is 3. The zero-order valence-electron chi connectivity index (χ0n) is 15.8. The number of hydrogen-bond acceptors (Lipinski definition) is 9. The van der Waals surface area contributed by atoms with Gasteiger partial charge >= 0.3 is 5.97 Å². The van der Waals surface area contributed by atoms with Gasteiger partial charge in [-0.3, -0.25) is 4.79 Å². The van der Waals surface area contributed by atoms with Gasteiger partial charge in [-0.15, -0.1) is 0 Å². The minimum absolute atomic E-state index is 0.0760. The molecule has 3 rings (SSSR count). The lowest BCUT2D eigenvalue weighted by molar-refractivity contribution is 0.0601. The van der Waals surface area contributed by atoms with Gasteiger partial charge in [0, 0.05) is 31.3 Å². The SMILES string of the molecule is COC(=O)c1cc(OC)c(OC)cc1NC(=O)c1cc(N2CCOCC2)on1. The van der Waals surface area contributed by atoms with Gasteiger partial charge in [0.1, 0.15) is 0 Å². The third-order valence-electron chi connectivity index (χ3n) is 4.23. The summed E-state index contributed by atoms with van der Waals surface area (Å²) < 4.78 is 25.8. The summed E-state index contributed by atoms with van der Waals surface area (Å²) in [6, 6.07) is 4.45. The first kappa shape index (κ1) is 19.5. The summed E-state index contributed by atoms with van der Waals surface area (Å²) in [6.07, 6.45) is 0. The van der Waals surface area contributed by atoms with Crippen LogP contribution in [0.15, 0.2) is 22.7 Å². The van der Waals surface area contributed by atoms with Crippen LogP contribution >= 0.6 is 0 Å². The van der Waals surface area contributed by atoms with Gasteiger partial charge in [-0.05, 0) is 0 Å². The van der Waals surface area contributed by atoms with Gasteiger partial charge in [0.15, 0.2) is 17.2 Å². The van der Waals surface area contributed by atoms with Crippen molar-refractivity contribution in [1.29, 1.82) is 0 Å².